The van der Waals surface area contributed by atoms with Crippen molar-refractivity contribution >= 4 is 5.91 Å². The number of aliphatic hydroxyl groups is 1. The third-order valence-corrected chi connectivity index (χ3v) is 5.51. The molecule has 29 heavy (non-hydrogen) atoms. The number of nitrogens with zero attached hydrogens (tertiary/aromatic N) is 5. The molecule has 0 unspecified atom stereocenters. The van der Waals surface area contributed by atoms with Crippen LogP contribution in [0.25, 0.3) is 5.69 Å². The predicted octanol–water partition coefficient (Wildman–Crippen LogP) is 3.03. The fraction of sp³-hybridized carbons (Fsp3) is 0.429. The fourth-order valence-corrected chi connectivity index (χ4v) is 3.91. The lowest BCUT2D eigenvalue weighted by molar-refractivity contribution is 0.0596. The minimum absolute atomic E-state index is 0.00339. The second-order valence-electron chi connectivity index (χ2n) is 7.59. The van der Waals surface area contributed by atoms with Crippen molar-refractivity contribution in [1.82, 2.24) is 24.9 Å². The largest absolute Gasteiger partial charge is 0.445 e. The number of carbonyl (C=O) groups is 1. The highest BCUT2D eigenvalue weighted by Gasteiger charge is 2.34. The average Bonchev–Trinajstić information content (AvgIpc) is 3.38. The lowest BCUT2D eigenvalue weighted by atomic mass is 9.92. The van der Waals surface area contributed by atoms with E-state index in [9.17, 15) is 9.90 Å². The predicted molar refractivity (Wildman–Crippen MR) is 106 cm³/mol. The minimum Gasteiger partial charge on any atom is -0.445 e. The first-order chi connectivity index (χ1) is 14.0. The molecular formula is C21H25N5O3. The van der Waals surface area contributed by atoms with Gasteiger partial charge >= 0.3 is 0 Å². The molecule has 3 atom stereocenters. The SMILES string of the molecule is Cc1oc([C@@H]2CC[C@@H](C)N(C(=O)c3ccccc3-n3nccn3)C2)nc1[C@@H](C)O. The van der Waals surface area contributed by atoms with E-state index >= 15 is 0 Å². The molecule has 1 saturated heterocycles. The van der Waals surface area contributed by atoms with Crippen molar-refractivity contribution in [3.8, 4) is 5.69 Å². The maximum atomic E-state index is 13.4. The Kier molecular flexibility index (Phi) is 5.19. The van der Waals surface area contributed by atoms with E-state index in [1.54, 1.807) is 32.3 Å². The van der Waals surface area contributed by atoms with Crippen molar-refractivity contribution in [2.75, 3.05) is 6.54 Å². The molecular weight excluding hydrogens is 370 g/mol. The Bertz CT molecular complexity index is 996. The van der Waals surface area contributed by atoms with Crippen molar-refractivity contribution < 1.29 is 14.3 Å². The molecule has 1 aliphatic rings. The lowest BCUT2D eigenvalue weighted by Crippen LogP contribution is -2.45. The van der Waals surface area contributed by atoms with E-state index in [1.807, 2.05) is 23.1 Å². The van der Waals surface area contributed by atoms with Crippen molar-refractivity contribution in [2.45, 2.75) is 51.7 Å². The van der Waals surface area contributed by atoms with Crippen LogP contribution in [0.15, 0.2) is 41.1 Å². The summed E-state index contributed by atoms with van der Waals surface area (Å²) in [5, 5.41) is 18.2. The summed E-state index contributed by atoms with van der Waals surface area (Å²) in [6.45, 7) is 6.05. The van der Waals surface area contributed by atoms with Gasteiger partial charge in [-0.25, -0.2) is 4.98 Å². The van der Waals surface area contributed by atoms with Gasteiger partial charge in [-0.1, -0.05) is 12.1 Å². The maximum absolute atomic E-state index is 13.4. The number of amides is 1. The van der Waals surface area contributed by atoms with Gasteiger partial charge in [0.25, 0.3) is 5.91 Å². The van der Waals surface area contributed by atoms with E-state index in [-0.39, 0.29) is 17.9 Å². The first kappa shape index (κ1) is 19.3. The van der Waals surface area contributed by atoms with Gasteiger partial charge in [-0.3, -0.25) is 4.79 Å². The number of hydrogen-bond donors (Lipinski definition) is 1. The number of aliphatic hydroxyl groups excluding tert-OH is 1. The Morgan fingerprint density at radius 2 is 1.97 bits per heavy atom. The van der Waals surface area contributed by atoms with Crippen molar-refractivity contribution in [2.24, 2.45) is 0 Å². The summed E-state index contributed by atoms with van der Waals surface area (Å²) in [5.74, 6) is 1.15. The molecule has 8 heteroatoms. The zero-order valence-corrected chi connectivity index (χ0v) is 16.8. The second kappa shape index (κ2) is 7.79. The van der Waals surface area contributed by atoms with Gasteiger partial charge < -0.3 is 14.4 Å². The molecule has 1 amide bonds. The Balaban J connectivity index is 1.61. The molecule has 1 aromatic carbocycles. The summed E-state index contributed by atoms with van der Waals surface area (Å²) in [4.78, 5) is 21.3. The van der Waals surface area contributed by atoms with Gasteiger partial charge in [0.05, 0.1) is 35.7 Å². The Labute approximate surface area is 169 Å². The van der Waals surface area contributed by atoms with Gasteiger partial charge in [-0.15, -0.1) is 0 Å². The quantitative estimate of drug-likeness (QED) is 0.729. The zero-order valence-electron chi connectivity index (χ0n) is 16.8. The molecule has 8 nitrogen and oxygen atoms in total. The molecule has 4 rings (SSSR count). The Morgan fingerprint density at radius 1 is 1.24 bits per heavy atom. The number of piperidine rings is 1. The number of rotatable bonds is 4. The average molecular weight is 395 g/mol. The summed E-state index contributed by atoms with van der Waals surface area (Å²) < 4.78 is 5.83. The van der Waals surface area contributed by atoms with E-state index in [2.05, 4.69) is 22.1 Å². The van der Waals surface area contributed by atoms with Crippen LogP contribution in [0, 0.1) is 6.92 Å². The zero-order chi connectivity index (χ0) is 20.5. The summed E-state index contributed by atoms with van der Waals surface area (Å²) in [5.41, 5.74) is 1.77. The van der Waals surface area contributed by atoms with Crippen LogP contribution in [0.4, 0.5) is 0 Å². The molecule has 1 fully saturated rings. The number of para-hydroxylation sites is 1. The van der Waals surface area contributed by atoms with Crippen LogP contribution in [0.5, 0.6) is 0 Å². The van der Waals surface area contributed by atoms with E-state index in [0.29, 0.717) is 35.1 Å². The molecule has 3 aromatic rings. The molecule has 0 aliphatic carbocycles. The van der Waals surface area contributed by atoms with E-state index in [1.165, 1.54) is 4.80 Å². The number of benzene rings is 1. The van der Waals surface area contributed by atoms with Crippen molar-refractivity contribution in [3.63, 3.8) is 0 Å². The number of carbonyl (C=O) groups excluding carboxylic acids is 1. The molecule has 3 heterocycles. The van der Waals surface area contributed by atoms with Gasteiger partial charge in [0.1, 0.15) is 11.5 Å². The normalized spacial score (nSPS) is 20.6. The summed E-state index contributed by atoms with van der Waals surface area (Å²) >= 11 is 0. The highest BCUT2D eigenvalue weighted by molar-refractivity contribution is 5.98. The topological polar surface area (TPSA) is 97.3 Å². The molecule has 2 aromatic heterocycles. The summed E-state index contributed by atoms with van der Waals surface area (Å²) in [6.07, 6.45) is 4.23. The van der Waals surface area contributed by atoms with Crippen molar-refractivity contribution in [1.29, 1.82) is 0 Å². The van der Waals surface area contributed by atoms with E-state index in [0.717, 1.165) is 12.8 Å². The first-order valence-electron chi connectivity index (χ1n) is 9.87. The lowest BCUT2D eigenvalue weighted by Gasteiger charge is -2.37. The highest BCUT2D eigenvalue weighted by atomic mass is 16.4. The van der Waals surface area contributed by atoms with E-state index in [4.69, 9.17) is 4.42 Å². The fourth-order valence-electron chi connectivity index (χ4n) is 3.91. The van der Waals surface area contributed by atoms with Crippen LogP contribution in [-0.2, 0) is 0 Å². The van der Waals surface area contributed by atoms with E-state index < -0.39 is 6.10 Å². The van der Waals surface area contributed by atoms with Crippen LogP contribution in [0.2, 0.25) is 0 Å². The van der Waals surface area contributed by atoms with Gasteiger partial charge in [-0.2, -0.15) is 15.0 Å². The summed E-state index contributed by atoms with van der Waals surface area (Å²) in [7, 11) is 0. The van der Waals surface area contributed by atoms with Crippen LogP contribution in [0.1, 0.15) is 66.4 Å². The molecule has 0 bridgehead atoms. The Morgan fingerprint density at radius 3 is 2.66 bits per heavy atom. The van der Waals surface area contributed by atoms with Crippen LogP contribution in [0.3, 0.4) is 0 Å². The number of likely N-dealkylation sites (tertiary alicyclic amines) is 1. The number of hydrogen-bond acceptors (Lipinski definition) is 6. The smallest absolute Gasteiger partial charge is 0.256 e. The van der Waals surface area contributed by atoms with Crippen molar-refractivity contribution in [3.05, 3.63) is 59.6 Å². The second-order valence-corrected chi connectivity index (χ2v) is 7.59. The third-order valence-electron chi connectivity index (χ3n) is 5.51. The molecule has 1 aliphatic heterocycles. The van der Waals surface area contributed by atoms with Crippen LogP contribution < -0.4 is 0 Å². The molecule has 0 spiro atoms. The summed E-state index contributed by atoms with van der Waals surface area (Å²) in [6, 6.07) is 7.46. The standard InChI is InChI=1S/C21H25N5O3/c1-13-8-9-16(20-24-19(14(2)27)15(3)29-20)12-25(13)21(28)17-6-4-5-7-18(17)26-22-10-11-23-26/h4-7,10-11,13-14,16,27H,8-9,12H2,1-3H3/t13-,14-,16-/m1/s1. The Hall–Kier alpha value is -3.00. The number of aryl methyl sites for hydroxylation is 1. The minimum atomic E-state index is -0.679. The van der Waals surface area contributed by atoms with Crippen LogP contribution in [-0.4, -0.2) is 48.5 Å². The maximum Gasteiger partial charge on any atom is 0.256 e. The molecule has 1 N–H and O–H groups in total. The highest BCUT2D eigenvalue weighted by Crippen LogP contribution is 2.33. The monoisotopic (exact) mass is 395 g/mol. The number of aromatic nitrogens is 4. The van der Waals surface area contributed by atoms with Gasteiger partial charge in [0.15, 0.2) is 5.89 Å². The number of oxazole rings is 1. The first-order valence-corrected chi connectivity index (χ1v) is 9.87. The van der Waals surface area contributed by atoms with Gasteiger partial charge in [-0.05, 0) is 45.7 Å². The van der Waals surface area contributed by atoms with Gasteiger partial charge in [0.2, 0.25) is 0 Å². The molecule has 152 valence electrons. The third kappa shape index (κ3) is 3.67. The van der Waals surface area contributed by atoms with Gasteiger partial charge in [0, 0.05) is 12.6 Å². The molecule has 0 saturated carbocycles. The molecule has 0 radical (unpaired) electrons. The van der Waals surface area contributed by atoms with Crippen LogP contribution >= 0.6 is 0 Å².